The molecular weight excluding hydrogens is 349 g/mol. The van der Waals surface area contributed by atoms with E-state index in [9.17, 15) is 4.79 Å². The first kappa shape index (κ1) is 12.4. The number of carbonyl (C=O) groups excluding carboxylic acids is 1. The van der Waals surface area contributed by atoms with Gasteiger partial charge < -0.3 is 5.32 Å². The van der Waals surface area contributed by atoms with Crippen molar-refractivity contribution >= 4 is 45.8 Å². The first-order chi connectivity index (χ1) is 8.16. The Balaban J connectivity index is 2.19. The van der Waals surface area contributed by atoms with Gasteiger partial charge in [0.05, 0.1) is 10.7 Å². The molecular formula is C13H9ClINO. The fraction of sp³-hybridized carbons (Fsp3) is 0. The topological polar surface area (TPSA) is 29.1 Å². The van der Waals surface area contributed by atoms with Gasteiger partial charge in [-0.25, -0.2) is 0 Å². The maximum absolute atomic E-state index is 11.9. The largest absolute Gasteiger partial charge is 0.321 e. The quantitative estimate of drug-likeness (QED) is 0.802. The van der Waals surface area contributed by atoms with Crippen molar-refractivity contribution in [2.24, 2.45) is 0 Å². The number of hydrogen-bond acceptors (Lipinski definition) is 1. The van der Waals surface area contributed by atoms with Crippen LogP contribution in [0.2, 0.25) is 5.02 Å². The van der Waals surface area contributed by atoms with Gasteiger partial charge in [-0.3, -0.25) is 4.79 Å². The van der Waals surface area contributed by atoms with E-state index in [1.807, 2.05) is 30.3 Å². The van der Waals surface area contributed by atoms with Crippen molar-refractivity contribution in [3.05, 3.63) is 62.7 Å². The number of anilines is 1. The third-order valence-electron chi connectivity index (χ3n) is 2.22. The fourth-order valence-corrected chi connectivity index (χ4v) is 2.28. The molecule has 0 spiro atoms. The van der Waals surface area contributed by atoms with E-state index in [0.717, 1.165) is 3.57 Å². The van der Waals surface area contributed by atoms with E-state index in [0.29, 0.717) is 16.3 Å². The van der Waals surface area contributed by atoms with Crippen LogP contribution in [0.5, 0.6) is 0 Å². The van der Waals surface area contributed by atoms with Crippen molar-refractivity contribution < 1.29 is 4.79 Å². The van der Waals surface area contributed by atoms with Crippen LogP contribution in [0.1, 0.15) is 10.4 Å². The van der Waals surface area contributed by atoms with Gasteiger partial charge >= 0.3 is 0 Å². The molecule has 0 bridgehead atoms. The summed E-state index contributed by atoms with van der Waals surface area (Å²) in [6, 6.07) is 14.5. The molecule has 86 valence electrons. The number of hydrogen-bond donors (Lipinski definition) is 1. The number of benzene rings is 2. The van der Waals surface area contributed by atoms with Crippen LogP contribution in [0, 0.1) is 3.57 Å². The summed E-state index contributed by atoms with van der Waals surface area (Å²) in [5, 5.41) is 3.32. The summed E-state index contributed by atoms with van der Waals surface area (Å²) in [6.07, 6.45) is 0. The van der Waals surface area contributed by atoms with Crippen LogP contribution in [-0.2, 0) is 0 Å². The lowest BCUT2D eigenvalue weighted by atomic mass is 10.2. The number of nitrogens with one attached hydrogen (secondary N) is 1. The zero-order valence-corrected chi connectivity index (χ0v) is 11.7. The van der Waals surface area contributed by atoms with E-state index in [1.165, 1.54) is 0 Å². The van der Waals surface area contributed by atoms with Crippen LogP contribution < -0.4 is 5.32 Å². The van der Waals surface area contributed by atoms with E-state index in [2.05, 4.69) is 27.9 Å². The molecule has 0 aromatic heterocycles. The van der Waals surface area contributed by atoms with E-state index in [4.69, 9.17) is 11.6 Å². The Morgan fingerprint density at radius 3 is 2.47 bits per heavy atom. The number of carbonyl (C=O) groups is 1. The first-order valence-corrected chi connectivity index (χ1v) is 6.44. The average Bonchev–Trinajstić information content (AvgIpc) is 2.34. The molecule has 2 nitrogen and oxygen atoms in total. The fourth-order valence-electron chi connectivity index (χ4n) is 1.37. The number of rotatable bonds is 2. The van der Waals surface area contributed by atoms with Crippen LogP contribution in [0.15, 0.2) is 48.5 Å². The smallest absolute Gasteiger partial charge is 0.255 e. The second-order valence-electron chi connectivity index (χ2n) is 3.44. The molecule has 2 rings (SSSR count). The second kappa shape index (κ2) is 5.51. The predicted octanol–water partition coefficient (Wildman–Crippen LogP) is 4.20. The molecule has 2 aromatic carbocycles. The van der Waals surface area contributed by atoms with Gasteiger partial charge in [-0.1, -0.05) is 29.8 Å². The lowest BCUT2D eigenvalue weighted by Gasteiger charge is -2.07. The third kappa shape index (κ3) is 3.20. The van der Waals surface area contributed by atoms with Gasteiger partial charge in [0.2, 0.25) is 0 Å². The molecule has 0 aliphatic carbocycles. The van der Waals surface area contributed by atoms with Gasteiger partial charge in [0.15, 0.2) is 0 Å². The monoisotopic (exact) mass is 357 g/mol. The SMILES string of the molecule is O=C(Nc1ccc(I)cc1Cl)c1ccccc1. The van der Waals surface area contributed by atoms with Crippen molar-refractivity contribution in [3.8, 4) is 0 Å². The molecule has 1 amide bonds. The molecule has 17 heavy (non-hydrogen) atoms. The summed E-state index contributed by atoms with van der Waals surface area (Å²) in [5.41, 5.74) is 1.24. The Labute approximate surface area is 118 Å². The van der Waals surface area contributed by atoms with Gasteiger partial charge in [-0.15, -0.1) is 0 Å². The van der Waals surface area contributed by atoms with Crippen molar-refractivity contribution in [1.82, 2.24) is 0 Å². The highest BCUT2D eigenvalue weighted by Crippen LogP contribution is 2.24. The Morgan fingerprint density at radius 1 is 1.12 bits per heavy atom. The third-order valence-corrected chi connectivity index (χ3v) is 3.20. The number of halogens is 2. The minimum Gasteiger partial charge on any atom is -0.321 e. The maximum atomic E-state index is 11.9. The molecule has 0 unspecified atom stereocenters. The maximum Gasteiger partial charge on any atom is 0.255 e. The summed E-state index contributed by atoms with van der Waals surface area (Å²) >= 11 is 8.21. The van der Waals surface area contributed by atoms with E-state index in [1.54, 1.807) is 18.2 Å². The van der Waals surface area contributed by atoms with Crippen LogP contribution in [0.3, 0.4) is 0 Å². The lowest BCUT2D eigenvalue weighted by Crippen LogP contribution is -2.11. The molecule has 4 heteroatoms. The van der Waals surface area contributed by atoms with Crippen molar-refractivity contribution in [2.45, 2.75) is 0 Å². The van der Waals surface area contributed by atoms with E-state index < -0.39 is 0 Å². The zero-order valence-electron chi connectivity index (χ0n) is 8.78. The van der Waals surface area contributed by atoms with Crippen LogP contribution >= 0.6 is 34.2 Å². The van der Waals surface area contributed by atoms with Gasteiger partial charge in [0, 0.05) is 9.13 Å². The number of amides is 1. The Bertz CT molecular complexity index is 542. The molecule has 0 saturated heterocycles. The van der Waals surface area contributed by atoms with Crippen LogP contribution in [0.25, 0.3) is 0 Å². The van der Waals surface area contributed by atoms with Gasteiger partial charge in [0.25, 0.3) is 5.91 Å². The summed E-state index contributed by atoms with van der Waals surface area (Å²) in [5.74, 6) is -0.159. The van der Waals surface area contributed by atoms with E-state index in [-0.39, 0.29) is 5.91 Å². The molecule has 0 aliphatic rings. The second-order valence-corrected chi connectivity index (χ2v) is 5.10. The predicted molar refractivity (Wildman–Crippen MR) is 78.6 cm³/mol. The van der Waals surface area contributed by atoms with Crippen LogP contribution in [0.4, 0.5) is 5.69 Å². The summed E-state index contributed by atoms with van der Waals surface area (Å²) in [6.45, 7) is 0. The van der Waals surface area contributed by atoms with E-state index >= 15 is 0 Å². The van der Waals surface area contributed by atoms with Gasteiger partial charge in [-0.2, -0.15) is 0 Å². The lowest BCUT2D eigenvalue weighted by molar-refractivity contribution is 0.102. The highest BCUT2D eigenvalue weighted by Gasteiger charge is 2.07. The molecule has 0 aliphatic heterocycles. The first-order valence-electron chi connectivity index (χ1n) is 4.98. The molecule has 0 heterocycles. The zero-order chi connectivity index (χ0) is 12.3. The minimum atomic E-state index is -0.159. The van der Waals surface area contributed by atoms with Crippen LogP contribution in [-0.4, -0.2) is 5.91 Å². The van der Waals surface area contributed by atoms with Crippen molar-refractivity contribution in [2.75, 3.05) is 5.32 Å². The molecule has 0 atom stereocenters. The standard InChI is InChI=1S/C13H9ClINO/c14-11-8-10(15)6-7-12(11)16-13(17)9-4-2-1-3-5-9/h1-8H,(H,16,17). The summed E-state index contributed by atoms with van der Waals surface area (Å²) < 4.78 is 1.03. The van der Waals surface area contributed by atoms with Gasteiger partial charge in [-0.05, 0) is 52.9 Å². The Hall–Kier alpha value is -1.07. The highest BCUT2D eigenvalue weighted by molar-refractivity contribution is 14.1. The molecule has 0 saturated carbocycles. The minimum absolute atomic E-state index is 0.159. The average molecular weight is 358 g/mol. The molecule has 0 fully saturated rings. The Kier molecular flexibility index (Phi) is 4.02. The molecule has 2 aromatic rings. The summed E-state index contributed by atoms with van der Waals surface area (Å²) in [7, 11) is 0. The summed E-state index contributed by atoms with van der Waals surface area (Å²) in [4.78, 5) is 11.9. The normalized spacial score (nSPS) is 10.0. The highest BCUT2D eigenvalue weighted by atomic mass is 127. The molecule has 0 radical (unpaired) electrons. The van der Waals surface area contributed by atoms with Crippen molar-refractivity contribution in [3.63, 3.8) is 0 Å². The molecule has 1 N–H and O–H groups in total. The Morgan fingerprint density at radius 2 is 1.82 bits per heavy atom. The van der Waals surface area contributed by atoms with Crippen molar-refractivity contribution in [1.29, 1.82) is 0 Å². The van der Waals surface area contributed by atoms with Gasteiger partial charge in [0.1, 0.15) is 0 Å².